The zero-order valence-corrected chi connectivity index (χ0v) is 17.9. The largest absolute Gasteiger partial charge is 0.343 e. The number of aromatic nitrogens is 2. The minimum atomic E-state index is -0.165. The average molecular weight is 423 g/mol. The maximum Gasteiger partial charge on any atom is 0.271 e. The lowest BCUT2D eigenvalue weighted by molar-refractivity contribution is 0.0936. The van der Waals surface area contributed by atoms with Crippen LogP contribution >= 0.6 is 35.1 Å². The van der Waals surface area contributed by atoms with Crippen molar-refractivity contribution < 1.29 is 4.79 Å². The van der Waals surface area contributed by atoms with Gasteiger partial charge >= 0.3 is 0 Å². The van der Waals surface area contributed by atoms with Crippen molar-refractivity contribution in [2.24, 2.45) is 5.73 Å². The molecule has 1 unspecified atom stereocenters. The quantitative estimate of drug-likeness (QED) is 0.620. The van der Waals surface area contributed by atoms with Crippen molar-refractivity contribution in [2.45, 2.75) is 33.2 Å². The summed E-state index contributed by atoms with van der Waals surface area (Å²) in [4.78, 5) is 22.5. The lowest BCUT2D eigenvalue weighted by Gasteiger charge is -2.11. The number of carbonyl (C=O) groups is 1. The topological polar surface area (TPSA) is 80.9 Å². The van der Waals surface area contributed by atoms with Crippen molar-refractivity contribution in [3.63, 3.8) is 0 Å². The summed E-state index contributed by atoms with van der Waals surface area (Å²) < 4.78 is 0. The molecule has 3 aromatic rings. The molecule has 0 radical (unpaired) electrons. The third-order valence-corrected chi connectivity index (χ3v) is 6.31. The lowest BCUT2D eigenvalue weighted by Crippen LogP contribution is -2.26. The Labute approximate surface area is 173 Å². The number of nitrogens with two attached hydrogens (primary N) is 1. The molecule has 3 N–H and O–H groups in total. The number of hydrogen-bond acceptors (Lipinski definition) is 6. The van der Waals surface area contributed by atoms with E-state index < -0.39 is 0 Å². The van der Waals surface area contributed by atoms with Crippen LogP contribution in [0.4, 0.5) is 0 Å². The van der Waals surface area contributed by atoms with Crippen molar-refractivity contribution in [3.8, 4) is 10.6 Å². The summed E-state index contributed by atoms with van der Waals surface area (Å²) in [7, 11) is 0. The number of benzene rings is 1. The summed E-state index contributed by atoms with van der Waals surface area (Å²) in [5.74, 6) is -0.165. The molecule has 1 atom stereocenters. The highest BCUT2D eigenvalue weighted by Gasteiger charge is 2.19. The number of nitrogens with one attached hydrogen (secondary N) is 1. The molecule has 27 heavy (non-hydrogen) atoms. The average Bonchev–Trinajstić information content (AvgIpc) is 3.23. The van der Waals surface area contributed by atoms with Gasteiger partial charge in [-0.2, -0.15) is 0 Å². The number of hydrogen-bond donors (Lipinski definition) is 2. The van der Waals surface area contributed by atoms with Gasteiger partial charge in [-0.1, -0.05) is 29.8 Å². The maximum atomic E-state index is 12.5. The van der Waals surface area contributed by atoms with E-state index in [0.29, 0.717) is 18.7 Å². The second-order valence-corrected chi connectivity index (χ2v) is 8.17. The van der Waals surface area contributed by atoms with E-state index in [2.05, 4.69) is 46.5 Å². The molecule has 8 heteroatoms. The van der Waals surface area contributed by atoms with Crippen LogP contribution in [-0.4, -0.2) is 22.4 Å². The van der Waals surface area contributed by atoms with Gasteiger partial charge in [0.2, 0.25) is 0 Å². The van der Waals surface area contributed by atoms with Crippen molar-refractivity contribution in [1.82, 2.24) is 15.3 Å². The molecule has 0 bridgehead atoms. The Morgan fingerprint density at radius 3 is 2.59 bits per heavy atom. The summed E-state index contributed by atoms with van der Waals surface area (Å²) in [5, 5.41) is 6.67. The molecular formula is C19H23ClN4OS2. The van der Waals surface area contributed by atoms with Gasteiger partial charge < -0.3 is 11.1 Å². The molecule has 144 valence electrons. The zero-order valence-electron chi connectivity index (χ0n) is 15.5. The summed E-state index contributed by atoms with van der Waals surface area (Å²) in [6.07, 6.45) is 0.696. The van der Waals surface area contributed by atoms with E-state index in [9.17, 15) is 4.79 Å². The van der Waals surface area contributed by atoms with Gasteiger partial charge in [-0.05, 0) is 27.3 Å². The van der Waals surface area contributed by atoms with Gasteiger partial charge in [-0.25, -0.2) is 9.97 Å². The number of amides is 1. The normalized spacial score (nSPS) is 11.7. The van der Waals surface area contributed by atoms with E-state index in [1.165, 1.54) is 16.9 Å². The fourth-order valence-corrected chi connectivity index (χ4v) is 4.49. The van der Waals surface area contributed by atoms with Crippen LogP contribution in [0, 0.1) is 13.8 Å². The minimum absolute atomic E-state index is 0. The van der Waals surface area contributed by atoms with E-state index >= 15 is 0 Å². The first kappa shape index (κ1) is 21.5. The highest BCUT2D eigenvalue weighted by atomic mass is 35.5. The van der Waals surface area contributed by atoms with Crippen LogP contribution in [0.5, 0.6) is 0 Å². The van der Waals surface area contributed by atoms with Crippen LogP contribution < -0.4 is 11.1 Å². The molecule has 2 heterocycles. The second-order valence-electron chi connectivity index (χ2n) is 6.20. The van der Waals surface area contributed by atoms with E-state index in [1.807, 2.05) is 13.8 Å². The first-order valence-corrected chi connectivity index (χ1v) is 10.2. The number of rotatable bonds is 6. The first-order chi connectivity index (χ1) is 12.5. The van der Waals surface area contributed by atoms with Gasteiger partial charge in [0.05, 0.1) is 21.6 Å². The monoisotopic (exact) mass is 422 g/mol. The molecule has 0 spiro atoms. The SMILES string of the molecule is Cc1ccc(-c2nc(C)c(C(C)NC(=O)c3csc(CCN)n3)s2)cc1.Cl. The third-order valence-electron chi connectivity index (χ3n) is 4.01. The molecule has 2 aromatic heterocycles. The fraction of sp³-hybridized carbons (Fsp3) is 0.316. The summed E-state index contributed by atoms with van der Waals surface area (Å²) >= 11 is 3.09. The van der Waals surface area contributed by atoms with Crippen LogP contribution in [-0.2, 0) is 6.42 Å². The Bertz CT molecular complexity index is 905. The smallest absolute Gasteiger partial charge is 0.271 e. The Morgan fingerprint density at radius 2 is 1.93 bits per heavy atom. The predicted molar refractivity (Wildman–Crippen MR) is 115 cm³/mol. The van der Waals surface area contributed by atoms with Gasteiger partial charge in [0.15, 0.2) is 0 Å². The van der Waals surface area contributed by atoms with E-state index in [-0.39, 0.29) is 24.4 Å². The zero-order chi connectivity index (χ0) is 18.7. The van der Waals surface area contributed by atoms with Crippen LogP contribution in [0.25, 0.3) is 10.6 Å². The van der Waals surface area contributed by atoms with E-state index in [0.717, 1.165) is 26.1 Å². The van der Waals surface area contributed by atoms with Crippen molar-refractivity contribution in [1.29, 1.82) is 0 Å². The number of nitrogens with zero attached hydrogens (tertiary/aromatic N) is 2. The van der Waals surface area contributed by atoms with Crippen LogP contribution in [0.15, 0.2) is 29.6 Å². The number of carbonyl (C=O) groups excluding carboxylic acids is 1. The number of halogens is 1. The van der Waals surface area contributed by atoms with Crippen molar-refractivity contribution in [3.05, 3.63) is 56.5 Å². The van der Waals surface area contributed by atoms with Crippen molar-refractivity contribution in [2.75, 3.05) is 6.54 Å². The van der Waals surface area contributed by atoms with Crippen LogP contribution in [0.3, 0.4) is 0 Å². The predicted octanol–water partition coefficient (Wildman–Crippen LogP) is 4.30. The molecule has 0 fully saturated rings. The molecule has 0 saturated carbocycles. The third kappa shape index (κ3) is 5.13. The van der Waals surface area contributed by atoms with Gasteiger partial charge in [0.1, 0.15) is 10.7 Å². The summed E-state index contributed by atoms with van der Waals surface area (Å²) in [5.41, 5.74) is 9.25. The molecule has 0 aliphatic rings. The molecule has 1 amide bonds. The van der Waals surface area contributed by atoms with Crippen molar-refractivity contribution >= 4 is 41.0 Å². The Morgan fingerprint density at radius 1 is 1.22 bits per heavy atom. The molecule has 0 aliphatic heterocycles. The highest BCUT2D eigenvalue weighted by Crippen LogP contribution is 2.32. The molecule has 1 aromatic carbocycles. The molecule has 0 aliphatic carbocycles. The maximum absolute atomic E-state index is 12.5. The van der Waals surface area contributed by atoms with E-state index in [1.54, 1.807) is 16.7 Å². The van der Waals surface area contributed by atoms with Gasteiger partial charge in [-0.15, -0.1) is 35.1 Å². The highest BCUT2D eigenvalue weighted by molar-refractivity contribution is 7.15. The number of thiazole rings is 2. The van der Waals surface area contributed by atoms with Crippen LogP contribution in [0.2, 0.25) is 0 Å². The lowest BCUT2D eigenvalue weighted by atomic mass is 10.2. The van der Waals surface area contributed by atoms with Crippen LogP contribution in [0.1, 0.15) is 44.6 Å². The van der Waals surface area contributed by atoms with E-state index in [4.69, 9.17) is 5.73 Å². The first-order valence-electron chi connectivity index (χ1n) is 8.47. The van der Waals surface area contributed by atoms with Gasteiger partial charge in [0, 0.05) is 17.4 Å². The Balaban J connectivity index is 0.00000261. The number of aryl methyl sites for hydroxylation is 2. The Kier molecular flexibility index (Phi) is 7.49. The standard InChI is InChI=1S/C19H22N4OS2.ClH/c1-11-4-6-14(7-5-11)19-22-13(3)17(26-19)12(2)21-18(24)15-10-25-16(23-15)8-9-20;/h4-7,10,12H,8-9,20H2,1-3H3,(H,21,24);1H. The molecule has 0 saturated heterocycles. The fourth-order valence-electron chi connectivity index (χ4n) is 2.62. The minimum Gasteiger partial charge on any atom is -0.343 e. The molecule has 5 nitrogen and oxygen atoms in total. The summed E-state index contributed by atoms with van der Waals surface area (Å²) in [6.45, 7) is 6.56. The molecule has 3 rings (SSSR count). The second kappa shape index (κ2) is 9.41. The van der Waals surface area contributed by atoms with Gasteiger partial charge in [0.25, 0.3) is 5.91 Å². The summed E-state index contributed by atoms with van der Waals surface area (Å²) in [6, 6.07) is 8.19. The Hall–Kier alpha value is -1.80. The molecular weight excluding hydrogens is 400 g/mol. The van der Waals surface area contributed by atoms with Gasteiger partial charge in [-0.3, -0.25) is 4.79 Å².